The first-order valence-corrected chi connectivity index (χ1v) is 13.6. The van der Waals surface area contributed by atoms with Crippen molar-refractivity contribution in [1.82, 2.24) is 16.0 Å². The molecule has 0 aliphatic heterocycles. The van der Waals surface area contributed by atoms with Crippen LogP contribution in [0.25, 0.3) is 0 Å². The molecular weight excluding hydrogens is 430 g/mol. The molecule has 8 nitrogen and oxygen atoms in total. The normalized spacial score (nSPS) is 11.6. The van der Waals surface area contributed by atoms with Crippen molar-refractivity contribution in [1.29, 1.82) is 5.41 Å². The summed E-state index contributed by atoms with van der Waals surface area (Å²) in [5.41, 5.74) is 5.29. The first-order chi connectivity index (χ1) is 16.4. The number of guanidine groups is 1. The van der Waals surface area contributed by atoms with Crippen molar-refractivity contribution >= 4 is 23.6 Å². The fraction of sp³-hybridized carbons (Fsp3) is 0.846. The Morgan fingerprint density at radius 1 is 0.706 bits per heavy atom. The average molecular weight is 482 g/mol. The molecule has 0 aliphatic carbocycles. The van der Waals surface area contributed by atoms with Gasteiger partial charge in [0.15, 0.2) is 5.96 Å². The second-order valence-electron chi connectivity index (χ2n) is 9.22. The zero-order valence-corrected chi connectivity index (χ0v) is 21.8. The Bertz CT molecular complexity index is 569. The van der Waals surface area contributed by atoms with Gasteiger partial charge in [-0.15, -0.1) is 0 Å². The number of amides is 2. The number of unbranched alkanes of at least 4 members (excludes halogenated alkanes) is 12. The van der Waals surface area contributed by atoms with Gasteiger partial charge in [0.25, 0.3) is 5.91 Å². The molecule has 8 heteroatoms. The smallest absolute Gasteiger partial charge is 0.288 e. The van der Waals surface area contributed by atoms with Crippen LogP contribution in [0.2, 0.25) is 0 Å². The summed E-state index contributed by atoms with van der Waals surface area (Å²) in [5.74, 6) is -1.54. The molecule has 1 unspecified atom stereocenters. The number of carbonyl (C=O) groups excluding carboxylic acids is 3. The minimum absolute atomic E-state index is 0.131. The Balaban J connectivity index is 4.29. The molecule has 0 aliphatic rings. The van der Waals surface area contributed by atoms with Crippen molar-refractivity contribution in [2.75, 3.05) is 13.1 Å². The molecule has 0 fully saturated rings. The maximum atomic E-state index is 12.7. The van der Waals surface area contributed by atoms with Gasteiger partial charge in [0.05, 0.1) is 0 Å². The number of hydrogen-bond acceptors (Lipinski definition) is 4. The van der Waals surface area contributed by atoms with E-state index in [1.807, 2.05) is 0 Å². The van der Waals surface area contributed by atoms with Gasteiger partial charge in [0.1, 0.15) is 6.04 Å². The molecular formula is C26H51N5O3. The molecule has 198 valence electrons. The van der Waals surface area contributed by atoms with Crippen LogP contribution in [0.1, 0.15) is 123 Å². The van der Waals surface area contributed by atoms with Crippen LogP contribution in [-0.2, 0) is 14.4 Å². The van der Waals surface area contributed by atoms with E-state index in [1.165, 1.54) is 51.4 Å². The quantitative estimate of drug-likeness (QED) is 0.0641. The minimum Gasteiger partial charge on any atom is -0.370 e. The Morgan fingerprint density at radius 3 is 1.76 bits per heavy atom. The monoisotopic (exact) mass is 481 g/mol. The lowest BCUT2D eigenvalue weighted by atomic mass is 10.1. The van der Waals surface area contributed by atoms with Crippen molar-refractivity contribution in [2.24, 2.45) is 5.73 Å². The lowest BCUT2D eigenvalue weighted by molar-refractivity contribution is -0.139. The summed E-state index contributed by atoms with van der Waals surface area (Å²) in [6.07, 6.45) is 17.1. The summed E-state index contributed by atoms with van der Waals surface area (Å²) in [4.78, 5) is 37.1. The van der Waals surface area contributed by atoms with Crippen LogP contribution in [0.3, 0.4) is 0 Å². The SMILES string of the molecule is CCCCCCCCCCCCNC(=O)C(CCCNC(=N)N)NC(=O)C(=O)CCCCCC. The van der Waals surface area contributed by atoms with Crippen LogP contribution in [0.15, 0.2) is 0 Å². The fourth-order valence-corrected chi connectivity index (χ4v) is 3.81. The van der Waals surface area contributed by atoms with E-state index in [2.05, 4.69) is 29.8 Å². The van der Waals surface area contributed by atoms with Gasteiger partial charge in [-0.2, -0.15) is 0 Å². The number of ketones is 1. The third kappa shape index (κ3) is 19.4. The van der Waals surface area contributed by atoms with Gasteiger partial charge in [0, 0.05) is 19.5 Å². The topological polar surface area (TPSA) is 137 Å². The van der Waals surface area contributed by atoms with Gasteiger partial charge in [-0.25, -0.2) is 0 Å². The highest BCUT2D eigenvalue weighted by molar-refractivity contribution is 6.36. The van der Waals surface area contributed by atoms with Gasteiger partial charge in [-0.05, 0) is 25.7 Å². The van der Waals surface area contributed by atoms with Crippen LogP contribution in [-0.4, -0.2) is 42.7 Å². The number of rotatable bonds is 23. The molecule has 0 saturated carbocycles. The molecule has 2 amide bonds. The van der Waals surface area contributed by atoms with E-state index in [1.54, 1.807) is 0 Å². The van der Waals surface area contributed by atoms with E-state index < -0.39 is 17.7 Å². The number of hydrogen-bond donors (Lipinski definition) is 5. The number of Topliss-reactive ketones (excluding diaryl/α,β-unsaturated/α-hetero) is 1. The Hall–Kier alpha value is -2.12. The van der Waals surface area contributed by atoms with Gasteiger partial charge in [-0.3, -0.25) is 19.8 Å². The van der Waals surface area contributed by atoms with Crippen molar-refractivity contribution in [3.63, 3.8) is 0 Å². The fourth-order valence-electron chi connectivity index (χ4n) is 3.81. The highest BCUT2D eigenvalue weighted by Gasteiger charge is 2.23. The first-order valence-electron chi connectivity index (χ1n) is 13.6. The van der Waals surface area contributed by atoms with E-state index in [9.17, 15) is 14.4 Å². The maximum Gasteiger partial charge on any atom is 0.288 e. The number of nitrogens with two attached hydrogens (primary N) is 1. The number of carbonyl (C=O) groups is 3. The standard InChI is InChI=1S/C26H51N5O3/c1-3-5-7-9-10-11-12-13-14-16-20-29-24(33)22(18-17-21-30-26(27)28)31-25(34)23(32)19-15-8-6-4-2/h22H,3-21H2,1-2H3,(H,29,33)(H,31,34)(H4,27,28,30). The second kappa shape index (κ2) is 22.7. The highest BCUT2D eigenvalue weighted by Crippen LogP contribution is 2.10. The largest absolute Gasteiger partial charge is 0.370 e. The second-order valence-corrected chi connectivity index (χ2v) is 9.22. The zero-order chi connectivity index (χ0) is 25.4. The van der Waals surface area contributed by atoms with Crippen LogP contribution >= 0.6 is 0 Å². The molecule has 0 saturated heterocycles. The van der Waals surface area contributed by atoms with E-state index in [4.69, 9.17) is 11.1 Å². The predicted molar refractivity (Wildman–Crippen MR) is 140 cm³/mol. The van der Waals surface area contributed by atoms with E-state index in [0.29, 0.717) is 32.4 Å². The van der Waals surface area contributed by atoms with Crippen LogP contribution in [0, 0.1) is 5.41 Å². The maximum absolute atomic E-state index is 12.7. The van der Waals surface area contributed by atoms with E-state index >= 15 is 0 Å². The van der Waals surface area contributed by atoms with Crippen molar-refractivity contribution < 1.29 is 14.4 Å². The Morgan fingerprint density at radius 2 is 1.21 bits per heavy atom. The average Bonchev–Trinajstić information content (AvgIpc) is 2.81. The summed E-state index contributed by atoms with van der Waals surface area (Å²) in [6.45, 7) is 5.32. The summed E-state index contributed by atoms with van der Waals surface area (Å²) in [7, 11) is 0. The lowest BCUT2D eigenvalue weighted by Gasteiger charge is -2.18. The van der Waals surface area contributed by atoms with Crippen molar-refractivity contribution in [2.45, 2.75) is 129 Å². The first kappa shape index (κ1) is 31.9. The molecule has 0 radical (unpaired) electrons. The molecule has 0 heterocycles. The van der Waals surface area contributed by atoms with Gasteiger partial charge in [0.2, 0.25) is 11.7 Å². The van der Waals surface area contributed by atoms with E-state index in [0.717, 1.165) is 32.1 Å². The predicted octanol–water partition coefficient (Wildman–Crippen LogP) is 4.31. The summed E-state index contributed by atoms with van der Waals surface area (Å²) < 4.78 is 0. The Labute approximate surface area is 207 Å². The van der Waals surface area contributed by atoms with Crippen LogP contribution < -0.4 is 21.7 Å². The molecule has 0 bridgehead atoms. The highest BCUT2D eigenvalue weighted by atomic mass is 16.2. The molecule has 0 spiro atoms. The minimum atomic E-state index is -0.760. The summed E-state index contributed by atoms with van der Waals surface area (Å²) in [5, 5.41) is 15.4. The molecule has 0 aromatic carbocycles. The lowest BCUT2D eigenvalue weighted by Crippen LogP contribution is -2.49. The van der Waals surface area contributed by atoms with Crippen LogP contribution in [0.5, 0.6) is 0 Å². The van der Waals surface area contributed by atoms with Crippen molar-refractivity contribution in [3.8, 4) is 0 Å². The van der Waals surface area contributed by atoms with Gasteiger partial charge >= 0.3 is 0 Å². The van der Waals surface area contributed by atoms with Gasteiger partial charge in [-0.1, -0.05) is 90.9 Å². The van der Waals surface area contributed by atoms with E-state index in [-0.39, 0.29) is 18.3 Å². The summed E-state index contributed by atoms with van der Waals surface area (Å²) >= 11 is 0. The molecule has 34 heavy (non-hydrogen) atoms. The van der Waals surface area contributed by atoms with Crippen LogP contribution in [0.4, 0.5) is 0 Å². The third-order valence-electron chi connectivity index (χ3n) is 5.95. The molecule has 0 aromatic heterocycles. The summed E-state index contributed by atoms with van der Waals surface area (Å²) in [6, 6.07) is -0.760. The molecule has 0 rings (SSSR count). The molecule has 6 N–H and O–H groups in total. The molecule has 0 aromatic rings. The zero-order valence-electron chi connectivity index (χ0n) is 21.8. The Kier molecular flexibility index (Phi) is 21.2. The van der Waals surface area contributed by atoms with Crippen molar-refractivity contribution in [3.05, 3.63) is 0 Å². The number of nitrogens with one attached hydrogen (secondary N) is 4. The molecule has 1 atom stereocenters. The third-order valence-corrected chi connectivity index (χ3v) is 5.95. The van der Waals surface area contributed by atoms with Gasteiger partial charge < -0.3 is 21.7 Å².